The molecule has 0 radical (unpaired) electrons. The van der Waals surface area contributed by atoms with Gasteiger partial charge in [0, 0.05) is 13.0 Å². The van der Waals surface area contributed by atoms with E-state index < -0.39 is 45.8 Å². The molecule has 0 bridgehead atoms. The van der Waals surface area contributed by atoms with Crippen LogP contribution in [-0.4, -0.2) is 66.3 Å². The Bertz CT molecular complexity index is 1170. The van der Waals surface area contributed by atoms with E-state index in [0.29, 0.717) is 13.0 Å². The normalized spacial score (nSPS) is 14.8. The number of unbranched alkanes of at least 4 members (excludes halogenated alkanes) is 14. The van der Waals surface area contributed by atoms with E-state index in [1.807, 2.05) is 0 Å². The van der Waals surface area contributed by atoms with Gasteiger partial charge >= 0.3 is 13.8 Å². The van der Waals surface area contributed by atoms with Gasteiger partial charge in [-0.05, 0) is 89.9 Å². The second-order valence-electron chi connectivity index (χ2n) is 14.7. The zero-order chi connectivity index (χ0) is 42.5. The molecule has 0 rings (SSSR count). The van der Waals surface area contributed by atoms with Gasteiger partial charge in [0.1, 0.15) is 12.2 Å². The van der Waals surface area contributed by atoms with Crippen molar-refractivity contribution in [1.82, 2.24) is 0 Å². The highest BCUT2D eigenvalue weighted by Gasteiger charge is 2.26. The Morgan fingerprint density at radius 2 is 0.983 bits per heavy atom. The molecule has 0 saturated heterocycles. The number of hydrogen-bond donors (Lipinski definition) is 3. The average molecular weight is 835 g/mol. The molecule has 334 valence electrons. The zero-order valence-corrected chi connectivity index (χ0v) is 37.4. The number of ether oxygens (including phenoxy) is 2. The minimum atomic E-state index is -4.53. The lowest BCUT2D eigenvalue weighted by Gasteiger charge is -2.20. The monoisotopic (exact) mass is 835 g/mol. The quantitative estimate of drug-likeness (QED) is 0.0238. The lowest BCUT2D eigenvalue weighted by Crippen LogP contribution is -2.29. The molecular formula is C48H83O9P. The Morgan fingerprint density at radius 1 is 0.552 bits per heavy atom. The van der Waals surface area contributed by atoms with Gasteiger partial charge in [-0.15, -0.1) is 0 Å². The van der Waals surface area contributed by atoms with Crippen LogP contribution in [-0.2, 0) is 27.9 Å². The summed E-state index contributed by atoms with van der Waals surface area (Å²) in [4.78, 5) is 22.6. The average Bonchev–Trinajstić information content (AvgIpc) is 3.21. The van der Waals surface area contributed by atoms with E-state index in [1.165, 1.54) is 44.9 Å². The first-order valence-corrected chi connectivity index (χ1v) is 24.1. The highest BCUT2D eigenvalue weighted by Crippen LogP contribution is 2.43. The van der Waals surface area contributed by atoms with Crippen molar-refractivity contribution >= 4 is 13.8 Å². The predicted molar refractivity (Wildman–Crippen MR) is 242 cm³/mol. The van der Waals surface area contributed by atoms with Crippen molar-refractivity contribution in [3.63, 3.8) is 0 Å². The first kappa shape index (κ1) is 55.6. The summed E-state index contributed by atoms with van der Waals surface area (Å²) in [6, 6.07) is 0. The fraction of sp³-hybridized carbons (Fsp3) is 0.688. The van der Waals surface area contributed by atoms with Crippen molar-refractivity contribution in [2.45, 2.75) is 180 Å². The van der Waals surface area contributed by atoms with Gasteiger partial charge in [-0.2, -0.15) is 0 Å². The van der Waals surface area contributed by atoms with Crippen molar-refractivity contribution in [2.24, 2.45) is 0 Å². The van der Waals surface area contributed by atoms with E-state index in [9.17, 15) is 19.4 Å². The Balaban J connectivity index is 4.21. The number of phosphoric ester groups is 1. The number of carbonyl (C=O) groups is 1. The Hall–Kier alpha value is -2.36. The molecule has 0 aromatic heterocycles. The van der Waals surface area contributed by atoms with Gasteiger partial charge in [0.25, 0.3) is 0 Å². The largest absolute Gasteiger partial charge is 0.472 e. The molecule has 0 aromatic carbocycles. The second kappa shape index (κ2) is 44.2. The molecule has 3 N–H and O–H groups in total. The fourth-order valence-electron chi connectivity index (χ4n) is 5.65. The highest BCUT2D eigenvalue weighted by atomic mass is 31.2. The maximum absolute atomic E-state index is 12.6. The molecule has 3 atom stereocenters. The number of allylic oxidation sites excluding steroid dienone is 14. The van der Waals surface area contributed by atoms with E-state index in [4.69, 9.17) is 23.6 Å². The first-order valence-electron chi connectivity index (χ1n) is 22.6. The third-order valence-electron chi connectivity index (χ3n) is 9.06. The summed E-state index contributed by atoms with van der Waals surface area (Å²) < 4.78 is 33.4. The summed E-state index contributed by atoms with van der Waals surface area (Å²) in [5.74, 6) is -0.406. The third kappa shape index (κ3) is 43.2. The van der Waals surface area contributed by atoms with Gasteiger partial charge in [0.15, 0.2) is 0 Å². The maximum Gasteiger partial charge on any atom is 0.472 e. The maximum atomic E-state index is 12.6. The van der Waals surface area contributed by atoms with Crippen LogP contribution in [0, 0.1) is 0 Å². The molecule has 10 heteroatoms. The van der Waals surface area contributed by atoms with Gasteiger partial charge in [0.05, 0.1) is 26.4 Å². The summed E-state index contributed by atoms with van der Waals surface area (Å²) >= 11 is 0. The minimum absolute atomic E-state index is 0.0282. The third-order valence-corrected chi connectivity index (χ3v) is 10.0. The van der Waals surface area contributed by atoms with E-state index in [2.05, 4.69) is 98.9 Å². The lowest BCUT2D eigenvalue weighted by atomic mass is 10.1. The van der Waals surface area contributed by atoms with Crippen LogP contribution in [0.2, 0.25) is 0 Å². The molecule has 9 nitrogen and oxygen atoms in total. The van der Waals surface area contributed by atoms with Crippen molar-refractivity contribution in [3.05, 3.63) is 85.1 Å². The van der Waals surface area contributed by atoms with Gasteiger partial charge < -0.3 is 24.6 Å². The number of esters is 1. The molecule has 0 aromatic rings. The molecule has 0 heterocycles. The molecule has 3 unspecified atom stereocenters. The Morgan fingerprint density at radius 3 is 1.48 bits per heavy atom. The summed E-state index contributed by atoms with van der Waals surface area (Å²) in [6.45, 7) is 3.30. The van der Waals surface area contributed by atoms with E-state index in [1.54, 1.807) is 0 Å². The van der Waals surface area contributed by atoms with Crippen molar-refractivity contribution < 1.29 is 43.0 Å². The summed E-state index contributed by atoms with van der Waals surface area (Å²) in [6.07, 6.45) is 53.9. The van der Waals surface area contributed by atoms with Crippen LogP contribution >= 0.6 is 7.82 Å². The number of aliphatic hydroxyl groups excluding tert-OH is 2. The van der Waals surface area contributed by atoms with Crippen LogP contribution < -0.4 is 0 Å². The van der Waals surface area contributed by atoms with Gasteiger partial charge in [-0.1, -0.05) is 157 Å². The summed E-state index contributed by atoms with van der Waals surface area (Å²) in [5, 5.41) is 18.4. The molecular weight excluding hydrogens is 751 g/mol. The molecule has 58 heavy (non-hydrogen) atoms. The van der Waals surface area contributed by atoms with Gasteiger partial charge in [-0.25, -0.2) is 4.57 Å². The minimum Gasteiger partial charge on any atom is -0.457 e. The van der Waals surface area contributed by atoms with Gasteiger partial charge in [0.2, 0.25) is 0 Å². The van der Waals surface area contributed by atoms with E-state index >= 15 is 0 Å². The number of carbonyl (C=O) groups excluding carboxylic acids is 1. The number of rotatable bonds is 42. The summed E-state index contributed by atoms with van der Waals surface area (Å²) in [7, 11) is -4.53. The van der Waals surface area contributed by atoms with E-state index in [-0.39, 0.29) is 13.0 Å². The van der Waals surface area contributed by atoms with Crippen LogP contribution in [0.4, 0.5) is 0 Å². The van der Waals surface area contributed by atoms with Crippen molar-refractivity contribution in [2.75, 3.05) is 33.0 Å². The molecule has 0 amide bonds. The van der Waals surface area contributed by atoms with Crippen LogP contribution in [0.3, 0.4) is 0 Å². The zero-order valence-electron chi connectivity index (χ0n) is 36.5. The van der Waals surface area contributed by atoms with Crippen LogP contribution in [0.1, 0.15) is 168 Å². The van der Waals surface area contributed by atoms with Gasteiger partial charge in [-0.3, -0.25) is 13.8 Å². The molecule has 0 aliphatic heterocycles. The molecule has 0 aliphatic rings. The standard InChI is InChI=1S/C48H83O9P/c1-3-5-7-9-11-13-15-17-19-20-21-22-23-24-25-27-29-31-33-35-37-39-41-54-44-47(45-56-58(52,53)55-43-46(50)42-49)57-48(51)40-38-36-34-32-30-28-26-18-16-14-12-10-8-6-4-2/h5,7,11-14,17-19,21-22,24-26,46-47,49-50H,3-4,6,8-10,15-16,20,23,27-45H2,1-2H3,(H,52,53)/b7-5-,13-11-,14-12-,19-17-,22-21-,25-24-,26-18-. The predicted octanol–water partition coefficient (Wildman–Crippen LogP) is 12.7. The topological polar surface area (TPSA) is 132 Å². The van der Waals surface area contributed by atoms with Crippen LogP contribution in [0.5, 0.6) is 0 Å². The Kier molecular flexibility index (Phi) is 42.4. The smallest absolute Gasteiger partial charge is 0.457 e. The van der Waals surface area contributed by atoms with Crippen LogP contribution in [0.15, 0.2) is 85.1 Å². The molecule has 0 aliphatic carbocycles. The highest BCUT2D eigenvalue weighted by molar-refractivity contribution is 7.47. The van der Waals surface area contributed by atoms with Crippen LogP contribution in [0.25, 0.3) is 0 Å². The molecule has 0 saturated carbocycles. The fourth-order valence-corrected chi connectivity index (χ4v) is 6.44. The van der Waals surface area contributed by atoms with E-state index in [0.717, 1.165) is 96.3 Å². The molecule has 0 fully saturated rings. The number of phosphoric acid groups is 1. The second-order valence-corrected chi connectivity index (χ2v) is 16.1. The van der Waals surface area contributed by atoms with Crippen molar-refractivity contribution in [1.29, 1.82) is 0 Å². The number of hydrogen-bond acceptors (Lipinski definition) is 8. The lowest BCUT2D eigenvalue weighted by molar-refractivity contribution is -0.154. The Labute approximate surface area is 354 Å². The first-order chi connectivity index (χ1) is 28.3. The summed E-state index contributed by atoms with van der Waals surface area (Å²) in [5.41, 5.74) is 0. The SMILES string of the molecule is CC/C=C\C/C=C\C/C=C\C/C=C\C/C=C\CCCCCCCCOCC(COP(=O)(O)OCC(O)CO)OC(=O)CCCCCCC/C=C\C/C=C\CCCCC. The number of aliphatic hydroxyl groups is 2. The van der Waals surface area contributed by atoms with Crippen molar-refractivity contribution in [3.8, 4) is 0 Å². The molecule has 0 spiro atoms.